The Kier molecular flexibility index (Phi) is 22.1. The number of thioether (sulfide) groups is 1. The van der Waals surface area contributed by atoms with Gasteiger partial charge < -0.3 is 41.9 Å². The number of alkyl halides is 3. The van der Waals surface area contributed by atoms with E-state index in [-0.39, 0.29) is 55.2 Å². The molecule has 302 valence electrons. The molecule has 5 amide bonds. The smallest absolute Gasteiger partial charge is 0.441 e. The lowest BCUT2D eigenvalue weighted by molar-refractivity contribution is -0.140. The lowest BCUT2D eigenvalue weighted by Gasteiger charge is -2.30. The quantitative estimate of drug-likeness (QED) is 0.0716. The molecular formula is C34H60F3N5O9S. The van der Waals surface area contributed by atoms with Crippen LogP contribution in [0.3, 0.4) is 0 Å². The van der Waals surface area contributed by atoms with Crippen LogP contribution in [0.1, 0.15) is 101 Å². The van der Waals surface area contributed by atoms with Crippen LogP contribution in [0.2, 0.25) is 0 Å². The number of nitrogens with one attached hydrogen (secondary N) is 5. The van der Waals surface area contributed by atoms with Crippen LogP contribution in [0.4, 0.5) is 13.2 Å². The molecule has 0 spiro atoms. The average Bonchev–Trinajstić information content (AvgIpc) is 2.96. The van der Waals surface area contributed by atoms with Crippen LogP contribution in [-0.2, 0) is 28.8 Å². The van der Waals surface area contributed by atoms with E-state index in [1.54, 1.807) is 27.7 Å². The minimum absolute atomic E-state index is 0.00452. The highest BCUT2D eigenvalue weighted by atomic mass is 32.2. The Morgan fingerprint density at radius 2 is 1.10 bits per heavy atom. The highest BCUT2D eigenvalue weighted by Crippen LogP contribution is 2.30. The van der Waals surface area contributed by atoms with Crippen molar-refractivity contribution < 1.29 is 57.3 Å². The van der Waals surface area contributed by atoms with Crippen molar-refractivity contribution >= 4 is 47.3 Å². The van der Waals surface area contributed by atoms with Crippen LogP contribution in [0.5, 0.6) is 0 Å². The summed E-state index contributed by atoms with van der Waals surface area (Å²) in [5.74, 6) is -5.99. The number of carboxylic acid groups (broad SMARTS) is 1. The maximum Gasteiger partial charge on any atom is 0.441 e. The second kappa shape index (κ2) is 23.5. The molecule has 8 N–H and O–H groups in total. The first-order chi connectivity index (χ1) is 23.8. The Morgan fingerprint density at radius 3 is 1.54 bits per heavy atom. The molecule has 0 aromatic carbocycles. The van der Waals surface area contributed by atoms with E-state index in [0.717, 1.165) is 0 Å². The minimum atomic E-state index is -4.54. The van der Waals surface area contributed by atoms with Crippen molar-refractivity contribution in [2.75, 3.05) is 5.75 Å². The zero-order valence-electron chi connectivity index (χ0n) is 31.6. The number of carbonyl (C=O) groups excluding carboxylic acids is 5. The number of rotatable bonds is 24. The first-order valence-electron chi connectivity index (χ1n) is 17.6. The van der Waals surface area contributed by atoms with E-state index >= 15 is 0 Å². The Morgan fingerprint density at radius 1 is 0.615 bits per heavy atom. The number of aliphatic hydroxyl groups is 2. The normalized spacial score (nSPS) is 16.0. The molecule has 0 aliphatic carbocycles. The molecule has 0 heterocycles. The summed E-state index contributed by atoms with van der Waals surface area (Å²) in [6, 6.07) is -5.59. The predicted molar refractivity (Wildman–Crippen MR) is 191 cm³/mol. The van der Waals surface area contributed by atoms with Crippen LogP contribution < -0.4 is 26.6 Å². The molecule has 0 saturated heterocycles. The molecule has 0 aromatic heterocycles. The van der Waals surface area contributed by atoms with Gasteiger partial charge in [0.05, 0.1) is 37.1 Å². The largest absolute Gasteiger partial charge is 0.481 e. The Labute approximate surface area is 309 Å². The second-order valence-electron chi connectivity index (χ2n) is 14.7. The zero-order valence-corrected chi connectivity index (χ0v) is 32.5. The molecule has 0 aromatic rings. The summed E-state index contributed by atoms with van der Waals surface area (Å²) in [4.78, 5) is 76.0. The van der Waals surface area contributed by atoms with E-state index in [2.05, 4.69) is 26.6 Å². The lowest BCUT2D eigenvalue weighted by atomic mass is 9.95. The maximum atomic E-state index is 13.5. The average molecular weight is 772 g/mol. The van der Waals surface area contributed by atoms with Gasteiger partial charge in [-0.15, -0.1) is 0 Å². The number of aliphatic carboxylic acids is 1. The highest BCUT2D eigenvalue weighted by molar-refractivity contribution is 8.00. The summed E-state index contributed by atoms with van der Waals surface area (Å²) >= 11 is -0.337. The van der Waals surface area contributed by atoms with Gasteiger partial charge in [-0.25, -0.2) is 0 Å². The molecule has 0 rings (SSSR count). The summed E-state index contributed by atoms with van der Waals surface area (Å²) in [6.45, 7) is 15.4. The lowest BCUT2D eigenvalue weighted by Crippen LogP contribution is -2.58. The van der Waals surface area contributed by atoms with Gasteiger partial charge in [0.15, 0.2) is 0 Å². The molecule has 0 aliphatic heterocycles. The van der Waals surface area contributed by atoms with Crippen molar-refractivity contribution in [2.24, 2.45) is 23.7 Å². The number of hydrogen-bond acceptors (Lipinski definition) is 9. The summed E-state index contributed by atoms with van der Waals surface area (Å²) in [5.41, 5.74) is -4.54. The Balaban J connectivity index is 5.74. The molecule has 52 heavy (non-hydrogen) atoms. The molecule has 0 bridgehead atoms. The molecule has 7 atom stereocenters. The van der Waals surface area contributed by atoms with E-state index in [1.807, 2.05) is 27.7 Å². The zero-order chi connectivity index (χ0) is 40.5. The number of carbonyl (C=O) groups is 6. The van der Waals surface area contributed by atoms with E-state index in [9.17, 15) is 52.2 Å². The molecule has 0 fully saturated rings. The van der Waals surface area contributed by atoms with Crippen molar-refractivity contribution in [3.05, 3.63) is 0 Å². The van der Waals surface area contributed by atoms with Gasteiger partial charge in [-0.1, -0.05) is 67.2 Å². The van der Waals surface area contributed by atoms with Crippen LogP contribution in [0.15, 0.2) is 0 Å². The van der Waals surface area contributed by atoms with Crippen molar-refractivity contribution in [1.29, 1.82) is 0 Å². The summed E-state index contributed by atoms with van der Waals surface area (Å²) in [7, 11) is 0. The van der Waals surface area contributed by atoms with Gasteiger partial charge in [-0.2, -0.15) is 13.2 Å². The van der Waals surface area contributed by atoms with Crippen molar-refractivity contribution in [1.82, 2.24) is 26.6 Å². The molecule has 18 heteroatoms. The van der Waals surface area contributed by atoms with E-state index in [1.165, 1.54) is 6.92 Å². The van der Waals surface area contributed by atoms with E-state index in [0.29, 0.717) is 0 Å². The van der Waals surface area contributed by atoms with Crippen LogP contribution >= 0.6 is 11.8 Å². The Hall–Kier alpha value is -3.12. The fraction of sp³-hybridized carbons (Fsp3) is 0.824. The standard InChI is InChI=1S/C34H60F3N5O9S/c1-17(2)12-23(25(43)15-28(46)38-21(9)31(49)40-24(13-18(3)4)26(44)16-29(47)48)41-33(51)30(20(7)8)42-32(50)22(10-11-52-34(35,36)37)39-27(45)14-19(5)6/h17-26,30,43-44H,10-16H2,1-9H3,(H,38,46)(H,39,45)(H,40,49)(H,41,51)(H,42,50)(H,47,48)/t21-,22+,23-,24-,25-,26-,30-/m0/s1. The van der Waals surface area contributed by atoms with Gasteiger partial charge in [0.25, 0.3) is 0 Å². The maximum absolute atomic E-state index is 13.5. The number of carboxylic acids is 1. The van der Waals surface area contributed by atoms with Crippen molar-refractivity contribution in [3.63, 3.8) is 0 Å². The van der Waals surface area contributed by atoms with Gasteiger partial charge in [0.1, 0.15) is 18.1 Å². The van der Waals surface area contributed by atoms with Gasteiger partial charge >= 0.3 is 11.5 Å². The van der Waals surface area contributed by atoms with Gasteiger partial charge in [0, 0.05) is 12.2 Å². The second-order valence-corrected chi connectivity index (χ2v) is 15.9. The fourth-order valence-electron chi connectivity index (χ4n) is 5.21. The summed E-state index contributed by atoms with van der Waals surface area (Å²) in [5, 5.41) is 43.1. The van der Waals surface area contributed by atoms with Crippen LogP contribution in [-0.4, -0.2) is 105 Å². The summed E-state index contributed by atoms with van der Waals surface area (Å²) in [6.07, 6.45) is -3.78. The van der Waals surface area contributed by atoms with Crippen LogP contribution in [0, 0.1) is 23.7 Å². The first kappa shape index (κ1) is 48.9. The third kappa shape index (κ3) is 21.4. The molecule has 0 unspecified atom stereocenters. The first-order valence-corrected chi connectivity index (χ1v) is 18.6. The fourth-order valence-corrected chi connectivity index (χ4v) is 5.80. The highest BCUT2D eigenvalue weighted by Gasteiger charge is 2.34. The monoisotopic (exact) mass is 771 g/mol. The number of hydrogen-bond donors (Lipinski definition) is 8. The minimum Gasteiger partial charge on any atom is -0.481 e. The third-order valence-corrected chi connectivity index (χ3v) is 8.52. The SMILES string of the molecule is CC(C)CC(=O)N[C@H](CCSC(F)(F)F)C(=O)N[C@H](C(=O)N[C@@H](CC(C)C)[C@@H](O)CC(=O)N[C@@H](C)C(=O)N[C@@H](CC(C)C)[C@@H](O)CC(=O)O)C(C)C. The van der Waals surface area contributed by atoms with Crippen LogP contribution in [0.25, 0.3) is 0 Å². The van der Waals surface area contributed by atoms with Gasteiger partial charge in [0.2, 0.25) is 29.5 Å². The summed E-state index contributed by atoms with van der Waals surface area (Å²) < 4.78 is 38.4. The number of aliphatic hydroxyl groups excluding tert-OH is 2. The predicted octanol–water partition coefficient (Wildman–Crippen LogP) is 2.45. The van der Waals surface area contributed by atoms with Crippen molar-refractivity contribution in [3.8, 4) is 0 Å². The van der Waals surface area contributed by atoms with E-state index < -0.39 is 108 Å². The molecular weight excluding hydrogens is 711 g/mol. The molecule has 0 aliphatic rings. The topological polar surface area (TPSA) is 223 Å². The molecule has 0 saturated carbocycles. The van der Waals surface area contributed by atoms with Gasteiger partial charge in [-0.3, -0.25) is 28.8 Å². The molecule has 0 radical (unpaired) electrons. The molecule has 14 nitrogen and oxygen atoms in total. The number of amides is 5. The Bertz CT molecular complexity index is 1170. The van der Waals surface area contributed by atoms with Gasteiger partial charge in [-0.05, 0) is 49.9 Å². The number of halogens is 3. The van der Waals surface area contributed by atoms with E-state index in [4.69, 9.17) is 5.11 Å². The van der Waals surface area contributed by atoms with Crippen molar-refractivity contribution in [2.45, 2.75) is 149 Å². The third-order valence-electron chi connectivity index (χ3n) is 7.75.